The zero-order valence-corrected chi connectivity index (χ0v) is 10.1. The van der Waals surface area contributed by atoms with Crippen molar-refractivity contribution in [3.05, 3.63) is 53.6 Å². The Hall–Kier alpha value is -2.49. The highest BCUT2D eigenvalue weighted by Crippen LogP contribution is 2.20. The van der Waals surface area contributed by atoms with Crippen LogP contribution < -0.4 is 16.8 Å². The van der Waals surface area contributed by atoms with Gasteiger partial charge in [0.15, 0.2) is 0 Å². The van der Waals surface area contributed by atoms with Crippen molar-refractivity contribution in [1.29, 1.82) is 0 Å². The molecule has 0 bridgehead atoms. The lowest BCUT2D eigenvalue weighted by molar-refractivity contribution is 0.102. The lowest BCUT2D eigenvalue weighted by Crippen LogP contribution is -2.13. The van der Waals surface area contributed by atoms with Gasteiger partial charge in [-0.15, -0.1) is 0 Å². The molecular formula is C14H15N3O. The molecule has 0 aliphatic heterocycles. The van der Waals surface area contributed by atoms with Gasteiger partial charge in [-0.05, 0) is 48.9 Å². The SMILES string of the molecule is Cc1ccc(NC(=O)c2ccc(N)cc2)c(N)c1. The maximum Gasteiger partial charge on any atom is 0.255 e. The van der Waals surface area contributed by atoms with Crippen molar-refractivity contribution in [2.24, 2.45) is 0 Å². The minimum Gasteiger partial charge on any atom is -0.399 e. The maximum atomic E-state index is 12.0. The van der Waals surface area contributed by atoms with E-state index in [4.69, 9.17) is 11.5 Å². The normalized spacial score (nSPS) is 10.1. The Morgan fingerprint density at radius 2 is 1.72 bits per heavy atom. The smallest absolute Gasteiger partial charge is 0.255 e. The van der Waals surface area contributed by atoms with E-state index in [1.165, 1.54) is 0 Å². The highest BCUT2D eigenvalue weighted by Gasteiger charge is 2.07. The zero-order chi connectivity index (χ0) is 13.1. The van der Waals surface area contributed by atoms with E-state index in [0.717, 1.165) is 5.56 Å². The van der Waals surface area contributed by atoms with Crippen molar-refractivity contribution >= 4 is 23.0 Å². The summed E-state index contributed by atoms with van der Waals surface area (Å²) < 4.78 is 0. The maximum absolute atomic E-state index is 12.0. The molecule has 0 saturated heterocycles. The molecule has 5 N–H and O–H groups in total. The predicted octanol–water partition coefficient (Wildman–Crippen LogP) is 2.41. The van der Waals surface area contributed by atoms with E-state index in [0.29, 0.717) is 22.6 Å². The van der Waals surface area contributed by atoms with Gasteiger partial charge in [0, 0.05) is 11.3 Å². The number of carbonyl (C=O) groups excluding carboxylic acids is 1. The summed E-state index contributed by atoms with van der Waals surface area (Å²) in [6, 6.07) is 12.2. The molecule has 4 heteroatoms. The molecule has 0 heterocycles. The average molecular weight is 241 g/mol. The number of nitrogen functional groups attached to an aromatic ring is 2. The van der Waals surface area contributed by atoms with Gasteiger partial charge in [-0.25, -0.2) is 0 Å². The number of hydrogen-bond acceptors (Lipinski definition) is 3. The third kappa shape index (κ3) is 2.60. The first kappa shape index (κ1) is 12.0. The molecule has 0 unspecified atom stereocenters. The quantitative estimate of drug-likeness (QED) is 0.706. The standard InChI is InChI=1S/C14H15N3O/c1-9-2-7-13(12(16)8-9)17-14(18)10-3-5-11(15)6-4-10/h2-8H,15-16H2,1H3,(H,17,18). The molecule has 0 saturated carbocycles. The molecule has 92 valence electrons. The van der Waals surface area contributed by atoms with Crippen molar-refractivity contribution in [3.63, 3.8) is 0 Å². The number of hydrogen-bond donors (Lipinski definition) is 3. The number of nitrogens with one attached hydrogen (secondary N) is 1. The summed E-state index contributed by atoms with van der Waals surface area (Å²) in [7, 11) is 0. The van der Waals surface area contributed by atoms with Crippen molar-refractivity contribution in [2.45, 2.75) is 6.92 Å². The van der Waals surface area contributed by atoms with E-state index in [2.05, 4.69) is 5.32 Å². The van der Waals surface area contributed by atoms with E-state index in [9.17, 15) is 4.79 Å². The summed E-state index contributed by atoms with van der Waals surface area (Å²) in [5.74, 6) is -0.203. The van der Waals surface area contributed by atoms with Crippen LogP contribution in [0.3, 0.4) is 0 Å². The fourth-order valence-corrected chi connectivity index (χ4v) is 1.62. The molecule has 0 aromatic heterocycles. The average Bonchev–Trinajstić information content (AvgIpc) is 2.33. The van der Waals surface area contributed by atoms with Gasteiger partial charge < -0.3 is 16.8 Å². The topological polar surface area (TPSA) is 81.1 Å². The van der Waals surface area contributed by atoms with Crippen molar-refractivity contribution in [2.75, 3.05) is 16.8 Å². The number of aryl methyl sites for hydroxylation is 1. The number of rotatable bonds is 2. The monoisotopic (exact) mass is 241 g/mol. The molecule has 18 heavy (non-hydrogen) atoms. The van der Waals surface area contributed by atoms with Crippen molar-refractivity contribution < 1.29 is 4.79 Å². The fourth-order valence-electron chi connectivity index (χ4n) is 1.62. The number of anilines is 3. The Bertz CT molecular complexity index is 576. The molecule has 0 fully saturated rings. The molecule has 2 aromatic rings. The summed E-state index contributed by atoms with van der Waals surface area (Å²) in [4.78, 5) is 12.0. The van der Waals surface area contributed by atoms with Gasteiger partial charge >= 0.3 is 0 Å². The van der Waals surface area contributed by atoms with Crippen LogP contribution in [-0.2, 0) is 0 Å². The van der Waals surface area contributed by atoms with Crippen LogP contribution in [0.2, 0.25) is 0 Å². The molecule has 0 aliphatic carbocycles. The summed E-state index contributed by atoms with van der Waals surface area (Å²) in [5.41, 5.74) is 14.8. The molecule has 4 nitrogen and oxygen atoms in total. The molecule has 2 aromatic carbocycles. The molecule has 0 atom stereocenters. The Balaban J connectivity index is 2.18. The van der Waals surface area contributed by atoms with E-state index < -0.39 is 0 Å². The molecule has 0 aliphatic rings. The second kappa shape index (κ2) is 4.79. The Labute approximate surface area is 106 Å². The highest BCUT2D eigenvalue weighted by atomic mass is 16.1. The highest BCUT2D eigenvalue weighted by molar-refractivity contribution is 6.05. The van der Waals surface area contributed by atoms with Crippen LogP contribution in [0.1, 0.15) is 15.9 Å². The fraction of sp³-hybridized carbons (Fsp3) is 0.0714. The summed E-state index contributed by atoms with van der Waals surface area (Å²) in [6.45, 7) is 1.95. The van der Waals surface area contributed by atoms with Gasteiger partial charge in [-0.2, -0.15) is 0 Å². The second-order valence-corrected chi connectivity index (χ2v) is 4.17. The van der Waals surface area contributed by atoms with E-state index in [-0.39, 0.29) is 5.91 Å². The first-order chi connectivity index (χ1) is 8.56. The van der Waals surface area contributed by atoms with Crippen LogP contribution >= 0.6 is 0 Å². The Kier molecular flexibility index (Phi) is 3.19. The van der Waals surface area contributed by atoms with Crippen molar-refractivity contribution in [1.82, 2.24) is 0 Å². The number of amides is 1. The second-order valence-electron chi connectivity index (χ2n) is 4.17. The lowest BCUT2D eigenvalue weighted by Gasteiger charge is -2.09. The summed E-state index contributed by atoms with van der Waals surface area (Å²) in [6.07, 6.45) is 0. The predicted molar refractivity (Wildman–Crippen MR) is 74.4 cm³/mol. The number of carbonyl (C=O) groups is 1. The largest absolute Gasteiger partial charge is 0.399 e. The summed E-state index contributed by atoms with van der Waals surface area (Å²) >= 11 is 0. The summed E-state index contributed by atoms with van der Waals surface area (Å²) in [5, 5.41) is 2.77. The third-order valence-corrected chi connectivity index (χ3v) is 2.63. The zero-order valence-electron chi connectivity index (χ0n) is 10.1. The van der Waals surface area contributed by atoms with Gasteiger partial charge in [0.25, 0.3) is 5.91 Å². The number of benzene rings is 2. The van der Waals surface area contributed by atoms with Gasteiger partial charge in [0.05, 0.1) is 11.4 Å². The minimum atomic E-state index is -0.203. The third-order valence-electron chi connectivity index (χ3n) is 2.63. The van der Waals surface area contributed by atoms with E-state index in [1.807, 2.05) is 19.1 Å². The molecule has 0 radical (unpaired) electrons. The minimum absolute atomic E-state index is 0.203. The van der Waals surface area contributed by atoms with Crippen LogP contribution in [0, 0.1) is 6.92 Å². The first-order valence-corrected chi connectivity index (χ1v) is 5.59. The van der Waals surface area contributed by atoms with Crippen LogP contribution in [0.5, 0.6) is 0 Å². The van der Waals surface area contributed by atoms with Gasteiger partial charge in [-0.1, -0.05) is 6.07 Å². The van der Waals surface area contributed by atoms with Gasteiger partial charge in [-0.3, -0.25) is 4.79 Å². The van der Waals surface area contributed by atoms with Crippen LogP contribution in [-0.4, -0.2) is 5.91 Å². The van der Waals surface area contributed by atoms with Crippen molar-refractivity contribution in [3.8, 4) is 0 Å². The van der Waals surface area contributed by atoms with Gasteiger partial charge in [0.1, 0.15) is 0 Å². The lowest BCUT2D eigenvalue weighted by atomic mass is 10.1. The Morgan fingerprint density at radius 3 is 2.33 bits per heavy atom. The molecule has 0 spiro atoms. The number of nitrogens with two attached hydrogens (primary N) is 2. The van der Waals surface area contributed by atoms with Crippen LogP contribution in [0.25, 0.3) is 0 Å². The molecule has 1 amide bonds. The first-order valence-electron chi connectivity index (χ1n) is 5.59. The van der Waals surface area contributed by atoms with E-state index >= 15 is 0 Å². The molecule has 2 rings (SSSR count). The van der Waals surface area contributed by atoms with Gasteiger partial charge in [0.2, 0.25) is 0 Å². The van der Waals surface area contributed by atoms with E-state index in [1.54, 1.807) is 30.3 Å². The van der Waals surface area contributed by atoms with Crippen LogP contribution in [0.4, 0.5) is 17.1 Å². The molecular weight excluding hydrogens is 226 g/mol. The van der Waals surface area contributed by atoms with Crippen LogP contribution in [0.15, 0.2) is 42.5 Å². The Morgan fingerprint density at radius 1 is 1.06 bits per heavy atom.